The Morgan fingerprint density at radius 2 is 2.17 bits per heavy atom. The van der Waals surface area contributed by atoms with Gasteiger partial charge in [-0.2, -0.15) is 5.10 Å². The van der Waals surface area contributed by atoms with Crippen molar-refractivity contribution in [2.24, 2.45) is 0 Å². The number of benzene rings is 1. The standard InChI is InChI=1S/C17H22N4O2/c1-12-4-5-15(21-10-13(2)9-18-21)14(8-12)19-16(22)20-17(3)6-7-23-11-17/h4-5,8-10H,6-7,11H2,1-3H3,(H2,19,20,22)/t17-/m1/s1. The van der Waals surface area contributed by atoms with E-state index in [9.17, 15) is 4.79 Å². The summed E-state index contributed by atoms with van der Waals surface area (Å²) in [4.78, 5) is 12.4. The maximum atomic E-state index is 12.4. The molecule has 23 heavy (non-hydrogen) atoms. The van der Waals surface area contributed by atoms with Gasteiger partial charge in [0.25, 0.3) is 0 Å². The van der Waals surface area contributed by atoms with Crippen molar-refractivity contribution in [2.45, 2.75) is 32.7 Å². The third-order valence-corrected chi connectivity index (χ3v) is 3.99. The molecule has 122 valence electrons. The Morgan fingerprint density at radius 1 is 1.35 bits per heavy atom. The summed E-state index contributed by atoms with van der Waals surface area (Å²) in [5.74, 6) is 0. The molecule has 0 aliphatic carbocycles. The van der Waals surface area contributed by atoms with Gasteiger partial charge in [0.1, 0.15) is 0 Å². The molecule has 2 heterocycles. The van der Waals surface area contributed by atoms with Crippen LogP contribution in [0.2, 0.25) is 0 Å². The number of anilines is 1. The van der Waals surface area contributed by atoms with Gasteiger partial charge in [-0.15, -0.1) is 0 Å². The third kappa shape index (κ3) is 3.53. The zero-order valence-corrected chi connectivity index (χ0v) is 13.7. The van der Waals surface area contributed by atoms with Gasteiger partial charge in [0, 0.05) is 12.8 Å². The predicted molar refractivity (Wildman–Crippen MR) is 89.0 cm³/mol. The van der Waals surface area contributed by atoms with Crippen LogP contribution in [-0.2, 0) is 4.74 Å². The van der Waals surface area contributed by atoms with Crippen LogP contribution >= 0.6 is 0 Å². The van der Waals surface area contributed by atoms with Gasteiger partial charge in [-0.05, 0) is 50.5 Å². The fourth-order valence-electron chi connectivity index (χ4n) is 2.69. The van der Waals surface area contributed by atoms with Gasteiger partial charge in [0.05, 0.1) is 29.7 Å². The van der Waals surface area contributed by atoms with Crippen LogP contribution in [0.5, 0.6) is 0 Å². The lowest BCUT2D eigenvalue weighted by molar-refractivity contribution is 0.172. The van der Waals surface area contributed by atoms with E-state index < -0.39 is 0 Å². The summed E-state index contributed by atoms with van der Waals surface area (Å²) in [7, 11) is 0. The highest BCUT2D eigenvalue weighted by atomic mass is 16.5. The average Bonchev–Trinajstić information content (AvgIpc) is 3.08. The maximum absolute atomic E-state index is 12.4. The lowest BCUT2D eigenvalue weighted by atomic mass is 10.0. The van der Waals surface area contributed by atoms with Crippen molar-refractivity contribution in [2.75, 3.05) is 18.5 Å². The number of hydrogen-bond acceptors (Lipinski definition) is 3. The minimum atomic E-state index is -0.309. The highest BCUT2D eigenvalue weighted by Gasteiger charge is 2.31. The molecule has 1 aromatic carbocycles. The first kappa shape index (κ1) is 15.6. The molecule has 0 saturated carbocycles. The van der Waals surface area contributed by atoms with Crippen LogP contribution in [0.25, 0.3) is 5.69 Å². The van der Waals surface area contributed by atoms with Crippen molar-refractivity contribution in [3.8, 4) is 5.69 Å². The highest BCUT2D eigenvalue weighted by molar-refractivity contribution is 5.92. The summed E-state index contributed by atoms with van der Waals surface area (Å²) in [6, 6.07) is 5.67. The van der Waals surface area contributed by atoms with Crippen LogP contribution in [0.1, 0.15) is 24.5 Å². The lowest BCUT2D eigenvalue weighted by Crippen LogP contribution is -2.48. The number of carbonyl (C=O) groups excluding carboxylic acids is 1. The van der Waals surface area contributed by atoms with Crippen molar-refractivity contribution < 1.29 is 9.53 Å². The number of rotatable bonds is 3. The Balaban J connectivity index is 1.81. The topological polar surface area (TPSA) is 68.2 Å². The van der Waals surface area contributed by atoms with E-state index in [1.165, 1.54) is 0 Å². The minimum absolute atomic E-state index is 0.228. The Kier molecular flexibility index (Phi) is 4.09. The Morgan fingerprint density at radius 3 is 2.83 bits per heavy atom. The van der Waals surface area contributed by atoms with Crippen molar-refractivity contribution in [3.63, 3.8) is 0 Å². The van der Waals surface area contributed by atoms with Crippen molar-refractivity contribution in [1.82, 2.24) is 15.1 Å². The zero-order valence-electron chi connectivity index (χ0n) is 13.7. The Labute approximate surface area is 135 Å². The molecule has 1 aliphatic rings. The molecule has 3 rings (SSSR count). The van der Waals surface area contributed by atoms with Crippen LogP contribution in [0.15, 0.2) is 30.6 Å². The summed E-state index contributed by atoms with van der Waals surface area (Å²) in [6.07, 6.45) is 4.54. The van der Waals surface area contributed by atoms with E-state index in [0.29, 0.717) is 13.2 Å². The van der Waals surface area contributed by atoms with E-state index in [0.717, 1.165) is 28.9 Å². The first-order valence-corrected chi connectivity index (χ1v) is 7.74. The SMILES string of the molecule is Cc1ccc(-n2cc(C)cn2)c(NC(=O)N[C@]2(C)CCOC2)c1. The van der Waals surface area contributed by atoms with Crippen molar-refractivity contribution in [3.05, 3.63) is 41.7 Å². The largest absolute Gasteiger partial charge is 0.379 e. The number of hydrogen-bond donors (Lipinski definition) is 2. The molecule has 0 radical (unpaired) electrons. The quantitative estimate of drug-likeness (QED) is 0.915. The van der Waals surface area contributed by atoms with Gasteiger partial charge in [-0.25, -0.2) is 9.48 Å². The molecular weight excluding hydrogens is 292 g/mol. The fourth-order valence-corrected chi connectivity index (χ4v) is 2.69. The average molecular weight is 314 g/mol. The third-order valence-electron chi connectivity index (χ3n) is 3.99. The molecule has 1 aromatic heterocycles. The van der Waals surface area contributed by atoms with E-state index in [-0.39, 0.29) is 11.6 Å². The number of carbonyl (C=O) groups is 1. The van der Waals surface area contributed by atoms with E-state index >= 15 is 0 Å². The molecular formula is C17H22N4O2. The number of aryl methyl sites for hydroxylation is 2. The summed E-state index contributed by atoms with van der Waals surface area (Å²) in [5.41, 5.74) is 3.40. The van der Waals surface area contributed by atoms with Crippen LogP contribution in [0, 0.1) is 13.8 Å². The van der Waals surface area contributed by atoms with Crippen LogP contribution in [-0.4, -0.2) is 34.6 Å². The van der Waals surface area contributed by atoms with Gasteiger partial charge in [0.15, 0.2) is 0 Å². The monoisotopic (exact) mass is 314 g/mol. The summed E-state index contributed by atoms with van der Waals surface area (Å²) >= 11 is 0. The van der Waals surface area contributed by atoms with Crippen LogP contribution in [0.4, 0.5) is 10.5 Å². The molecule has 0 spiro atoms. The van der Waals surface area contributed by atoms with Gasteiger partial charge in [0.2, 0.25) is 0 Å². The van der Waals surface area contributed by atoms with E-state index in [2.05, 4.69) is 15.7 Å². The van der Waals surface area contributed by atoms with Crippen LogP contribution in [0.3, 0.4) is 0 Å². The first-order valence-electron chi connectivity index (χ1n) is 7.74. The van der Waals surface area contributed by atoms with Crippen molar-refractivity contribution in [1.29, 1.82) is 0 Å². The number of ether oxygens (including phenoxy) is 1. The maximum Gasteiger partial charge on any atom is 0.319 e. The molecule has 1 saturated heterocycles. The van der Waals surface area contributed by atoms with Crippen molar-refractivity contribution >= 4 is 11.7 Å². The Bertz CT molecular complexity index is 717. The molecule has 0 bridgehead atoms. The second kappa shape index (κ2) is 6.04. The molecule has 2 aromatic rings. The summed E-state index contributed by atoms with van der Waals surface area (Å²) < 4.78 is 7.14. The Hall–Kier alpha value is -2.34. The molecule has 1 fully saturated rings. The molecule has 1 aliphatic heterocycles. The highest BCUT2D eigenvalue weighted by Crippen LogP contribution is 2.23. The second-order valence-electron chi connectivity index (χ2n) is 6.43. The minimum Gasteiger partial charge on any atom is -0.379 e. The van der Waals surface area contributed by atoms with E-state index in [1.54, 1.807) is 10.9 Å². The van der Waals surface area contributed by atoms with Gasteiger partial charge in [-0.3, -0.25) is 0 Å². The van der Waals surface area contributed by atoms with Gasteiger partial charge in [-0.1, -0.05) is 6.07 Å². The first-order chi connectivity index (χ1) is 11.0. The second-order valence-corrected chi connectivity index (χ2v) is 6.43. The molecule has 6 nitrogen and oxygen atoms in total. The molecule has 6 heteroatoms. The normalized spacial score (nSPS) is 20.5. The predicted octanol–water partition coefficient (Wildman–Crippen LogP) is 2.79. The molecule has 2 amide bonds. The number of aromatic nitrogens is 2. The number of urea groups is 1. The zero-order chi connectivity index (χ0) is 16.4. The number of nitrogens with one attached hydrogen (secondary N) is 2. The smallest absolute Gasteiger partial charge is 0.319 e. The van der Waals surface area contributed by atoms with E-state index in [1.807, 2.05) is 45.2 Å². The summed E-state index contributed by atoms with van der Waals surface area (Å²) in [5, 5.41) is 10.3. The van der Waals surface area contributed by atoms with Crippen LogP contribution < -0.4 is 10.6 Å². The lowest BCUT2D eigenvalue weighted by Gasteiger charge is -2.24. The number of amides is 2. The molecule has 2 N–H and O–H groups in total. The number of nitrogens with zero attached hydrogens (tertiary/aromatic N) is 2. The molecule has 0 unspecified atom stereocenters. The van der Waals surface area contributed by atoms with Gasteiger partial charge >= 0.3 is 6.03 Å². The summed E-state index contributed by atoms with van der Waals surface area (Å²) in [6.45, 7) is 7.19. The molecule has 1 atom stereocenters. The van der Waals surface area contributed by atoms with E-state index in [4.69, 9.17) is 4.74 Å². The fraction of sp³-hybridized carbons (Fsp3) is 0.412. The van der Waals surface area contributed by atoms with Gasteiger partial charge < -0.3 is 15.4 Å².